The van der Waals surface area contributed by atoms with E-state index < -0.39 is 22.9 Å². The van der Waals surface area contributed by atoms with Gasteiger partial charge in [0.05, 0.1) is 34.0 Å². The maximum atomic E-state index is 13.4. The van der Waals surface area contributed by atoms with Crippen molar-refractivity contribution < 1.29 is 22.4 Å². The summed E-state index contributed by atoms with van der Waals surface area (Å²) in [4.78, 5) is 13.6. The van der Waals surface area contributed by atoms with Gasteiger partial charge in [-0.3, -0.25) is 4.68 Å². The molecule has 0 radical (unpaired) electrons. The van der Waals surface area contributed by atoms with Crippen molar-refractivity contribution in [2.75, 3.05) is 18.5 Å². The third-order valence-corrected chi connectivity index (χ3v) is 6.07. The summed E-state index contributed by atoms with van der Waals surface area (Å²) in [6.07, 6.45) is -0.405. The lowest BCUT2D eigenvalue weighted by Gasteiger charge is -2.22. The Kier molecular flexibility index (Phi) is 7.50. The summed E-state index contributed by atoms with van der Waals surface area (Å²) in [5, 5.41) is 7.50. The van der Waals surface area contributed by atoms with Crippen LogP contribution in [-0.2, 0) is 11.0 Å². The highest BCUT2D eigenvalue weighted by Crippen LogP contribution is 2.36. The van der Waals surface area contributed by atoms with Crippen LogP contribution in [-0.4, -0.2) is 39.4 Å². The Hall–Kier alpha value is -3.14. The first kappa shape index (κ1) is 25.5. The number of hydrogen-bond acceptors (Lipinski definition) is 4. The minimum Gasteiger partial charge on any atom is -0.371 e. The highest BCUT2D eigenvalue weighted by Gasteiger charge is 2.39. The molecule has 34 heavy (non-hydrogen) atoms. The number of benzene rings is 1. The molecule has 1 unspecified atom stereocenters. The number of nitrogens with zero attached hydrogens (tertiary/aromatic N) is 5. The quantitative estimate of drug-likeness (QED) is 0.288. The number of aldehydes is 1. The van der Waals surface area contributed by atoms with Gasteiger partial charge in [-0.25, -0.2) is 9.07 Å². The van der Waals surface area contributed by atoms with Gasteiger partial charge in [-0.2, -0.15) is 23.4 Å². The van der Waals surface area contributed by atoms with Gasteiger partial charge in [0.1, 0.15) is 18.1 Å². The minimum absolute atomic E-state index is 0.0725. The summed E-state index contributed by atoms with van der Waals surface area (Å²) in [6.45, 7) is 5.51. The van der Waals surface area contributed by atoms with Crippen molar-refractivity contribution in [2.24, 2.45) is 0 Å². The van der Waals surface area contributed by atoms with Gasteiger partial charge in [0.25, 0.3) is 0 Å². The third kappa shape index (κ3) is 5.01. The zero-order valence-electron chi connectivity index (χ0n) is 19.1. The van der Waals surface area contributed by atoms with E-state index in [1.54, 1.807) is 30.1 Å². The lowest BCUT2D eigenvalue weighted by molar-refractivity contribution is -0.141. The molecule has 2 aromatic heterocycles. The van der Waals surface area contributed by atoms with Crippen LogP contribution in [0.4, 0.5) is 23.2 Å². The molecule has 0 aliphatic heterocycles. The number of carbonyl (C=O) groups is 1. The Bertz CT molecular complexity index is 1200. The van der Waals surface area contributed by atoms with Gasteiger partial charge in [0.15, 0.2) is 5.69 Å². The minimum atomic E-state index is -4.72. The Morgan fingerprint density at radius 2 is 1.91 bits per heavy atom. The van der Waals surface area contributed by atoms with Gasteiger partial charge in [-0.15, -0.1) is 0 Å². The number of alkyl halides is 3. The van der Waals surface area contributed by atoms with E-state index in [-0.39, 0.29) is 17.9 Å². The summed E-state index contributed by atoms with van der Waals surface area (Å²) >= 11 is 5.83. The summed E-state index contributed by atoms with van der Waals surface area (Å²) in [6, 6.07) is 4.98. The molecule has 0 bridgehead atoms. The molecule has 1 atom stereocenters. The molecule has 0 spiro atoms. The smallest absolute Gasteiger partial charge is 0.371 e. The first-order valence-electron chi connectivity index (χ1n) is 10.4. The maximum absolute atomic E-state index is 13.4. The zero-order chi connectivity index (χ0) is 25.2. The van der Waals surface area contributed by atoms with Gasteiger partial charge in [-0.1, -0.05) is 17.7 Å². The second kappa shape index (κ2) is 10.0. The Morgan fingerprint density at radius 1 is 1.26 bits per heavy atom. The monoisotopic (exact) mass is 497 g/mol. The summed E-state index contributed by atoms with van der Waals surface area (Å²) in [5.41, 5.74) is 1.97. The number of rotatable bonds is 8. The summed E-state index contributed by atoms with van der Waals surface area (Å²) in [5.74, 6) is -0.361. The predicted octanol–water partition coefficient (Wildman–Crippen LogP) is 5.88. The topological polar surface area (TPSA) is 56.0 Å². The molecule has 0 aliphatic carbocycles. The molecule has 11 heteroatoms. The van der Waals surface area contributed by atoms with Crippen LogP contribution in [0, 0.1) is 12.7 Å². The van der Waals surface area contributed by atoms with Crippen LogP contribution in [0.1, 0.15) is 43.4 Å². The molecule has 0 N–H and O–H groups in total. The van der Waals surface area contributed by atoms with Crippen LogP contribution >= 0.6 is 11.6 Å². The van der Waals surface area contributed by atoms with Crippen LogP contribution in [0.3, 0.4) is 0 Å². The average molecular weight is 498 g/mol. The van der Waals surface area contributed by atoms with Gasteiger partial charge in [-0.05, 0) is 57.0 Å². The fraction of sp³-hybridized carbons (Fsp3) is 0.348. The SMILES string of the molecule is C/C=C(\C)c1c(N(C)CCC(C=O)n2nc(C(F)(F)F)c(Cl)c2C)cnn1-c1ccc(F)cc1. The highest BCUT2D eigenvalue weighted by molar-refractivity contribution is 6.32. The fourth-order valence-corrected chi connectivity index (χ4v) is 3.83. The second-order valence-corrected chi connectivity index (χ2v) is 8.22. The highest BCUT2D eigenvalue weighted by atomic mass is 35.5. The van der Waals surface area contributed by atoms with E-state index in [0.29, 0.717) is 18.5 Å². The Morgan fingerprint density at radius 3 is 2.44 bits per heavy atom. The van der Waals surface area contributed by atoms with Crippen molar-refractivity contribution in [2.45, 2.75) is 39.4 Å². The first-order valence-corrected chi connectivity index (χ1v) is 10.8. The Labute approximate surface area is 199 Å². The van der Waals surface area contributed by atoms with E-state index in [2.05, 4.69) is 10.2 Å². The molecule has 0 aliphatic rings. The number of halogens is 5. The molecule has 1 aromatic carbocycles. The lowest BCUT2D eigenvalue weighted by atomic mass is 10.1. The van der Waals surface area contributed by atoms with Crippen LogP contribution in [0.25, 0.3) is 11.3 Å². The normalized spacial score (nSPS) is 13.3. The van der Waals surface area contributed by atoms with Crippen LogP contribution in [0.5, 0.6) is 0 Å². The molecule has 6 nitrogen and oxygen atoms in total. The molecule has 182 valence electrons. The standard InChI is InChI=1S/C23H24ClF4N5O/c1-5-14(2)21-19(12-29-33(21)17-8-6-16(25)7-9-17)31(4)11-10-18(13-34)32-15(3)20(24)22(30-32)23(26,27)28/h5-9,12-13,18H,10-11H2,1-4H3/b14-5+. The van der Waals surface area contributed by atoms with Gasteiger partial charge in [0, 0.05) is 13.6 Å². The third-order valence-electron chi connectivity index (χ3n) is 5.62. The van der Waals surface area contributed by atoms with E-state index in [1.165, 1.54) is 19.1 Å². The number of aromatic nitrogens is 4. The zero-order valence-corrected chi connectivity index (χ0v) is 19.8. The van der Waals surface area contributed by atoms with Crippen LogP contribution in [0.15, 0.2) is 36.5 Å². The fourth-order valence-electron chi connectivity index (χ4n) is 3.60. The molecule has 3 aromatic rings. The summed E-state index contributed by atoms with van der Waals surface area (Å²) < 4.78 is 55.6. The van der Waals surface area contributed by atoms with Crippen molar-refractivity contribution >= 4 is 29.1 Å². The van der Waals surface area contributed by atoms with Crippen LogP contribution < -0.4 is 4.90 Å². The largest absolute Gasteiger partial charge is 0.436 e. The van der Waals surface area contributed by atoms with Crippen LogP contribution in [0.2, 0.25) is 5.02 Å². The number of carbonyl (C=O) groups excluding carboxylic acids is 1. The van der Waals surface area contributed by atoms with Crippen molar-refractivity contribution in [1.82, 2.24) is 19.6 Å². The average Bonchev–Trinajstić information content (AvgIpc) is 3.36. The Balaban J connectivity index is 1.88. The second-order valence-electron chi connectivity index (χ2n) is 7.84. The number of allylic oxidation sites excluding steroid dienone is 2. The van der Waals surface area contributed by atoms with Crippen molar-refractivity contribution in [3.05, 3.63) is 64.5 Å². The van der Waals surface area contributed by atoms with E-state index in [1.807, 2.05) is 24.8 Å². The van der Waals surface area contributed by atoms with E-state index in [4.69, 9.17) is 11.6 Å². The number of anilines is 1. The van der Waals surface area contributed by atoms with Crippen molar-refractivity contribution in [3.63, 3.8) is 0 Å². The maximum Gasteiger partial charge on any atom is 0.436 e. The molecular weight excluding hydrogens is 474 g/mol. The van der Waals surface area contributed by atoms with Gasteiger partial charge < -0.3 is 9.69 Å². The molecule has 3 rings (SSSR count). The van der Waals surface area contributed by atoms with E-state index >= 15 is 0 Å². The predicted molar refractivity (Wildman–Crippen MR) is 123 cm³/mol. The lowest BCUT2D eigenvalue weighted by Crippen LogP contribution is -2.25. The van der Waals surface area contributed by atoms with Crippen molar-refractivity contribution in [1.29, 1.82) is 0 Å². The molecule has 0 saturated carbocycles. The van der Waals surface area contributed by atoms with Gasteiger partial charge >= 0.3 is 6.18 Å². The molecule has 0 amide bonds. The summed E-state index contributed by atoms with van der Waals surface area (Å²) in [7, 11) is 1.80. The van der Waals surface area contributed by atoms with Gasteiger partial charge in [0.2, 0.25) is 0 Å². The number of hydrogen-bond donors (Lipinski definition) is 0. The van der Waals surface area contributed by atoms with Crippen molar-refractivity contribution in [3.8, 4) is 5.69 Å². The molecule has 0 fully saturated rings. The molecule has 2 heterocycles. The van der Waals surface area contributed by atoms with E-state index in [0.717, 1.165) is 21.6 Å². The van der Waals surface area contributed by atoms with E-state index in [9.17, 15) is 22.4 Å². The first-order chi connectivity index (χ1) is 16.0. The molecular formula is C23H24ClF4N5O. The molecule has 0 saturated heterocycles.